The maximum atomic E-state index is 12.0. The van der Waals surface area contributed by atoms with Crippen LogP contribution in [-0.2, 0) is 0 Å². The zero-order valence-electron chi connectivity index (χ0n) is 11.2. The smallest absolute Gasteiger partial charge is 0.406 e. The first-order valence-corrected chi connectivity index (χ1v) is 6.56. The molecule has 1 aromatic carbocycles. The van der Waals surface area contributed by atoms with Gasteiger partial charge in [-0.2, -0.15) is 0 Å². The van der Waals surface area contributed by atoms with Crippen LogP contribution in [0, 0.1) is 0 Å². The van der Waals surface area contributed by atoms with E-state index in [4.69, 9.17) is 0 Å². The third-order valence-corrected chi connectivity index (χ3v) is 2.98. The molecule has 1 aliphatic heterocycles. The van der Waals surface area contributed by atoms with Crippen LogP contribution in [0.4, 0.5) is 23.7 Å². The molecule has 2 rings (SSSR count). The molecule has 21 heavy (non-hydrogen) atoms. The minimum absolute atomic E-state index is 0.0617. The number of halogens is 3. The van der Waals surface area contributed by atoms with E-state index in [9.17, 15) is 18.0 Å². The summed E-state index contributed by atoms with van der Waals surface area (Å²) in [6, 6.07) is 4.66. The fourth-order valence-electron chi connectivity index (χ4n) is 2.07. The fourth-order valence-corrected chi connectivity index (χ4v) is 2.07. The van der Waals surface area contributed by atoms with Gasteiger partial charge in [0.15, 0.2) is 0 Å². The second kappa shape index (κ2) is 6.66. The van der Waals surface area contributed by atoms with Gasteiger partial charge in [-0.05, 0) is 43.7 Å². The van der Waals surface area contributed by atoms with Crippen LogP contribution in [0.25, 0.3) is 0 Å². The lowest BCUT2D eigenvalue weighted by atomic mass is 10.1. The van der Waals surface area contributed by atoms with Crippen LogP contribution in [0.5, 0.6) is 5.75 Å². The Morgan fingerprint density at radius 3 is 2.57 bits per heavy atom. The van der Waals surface area contributed by atoms with E-state index >= 15 is 0 Å². The van der Waals surface area contributed by atoms with Gasteiger partial charge in [-0.15, -0.1) is 13.2 Å². The van der Waals surface area contributed by atoms with Gasteiger partial charge in [0.25, 0.3) is 0 Å². The van der Waals surface area contributed by atoms with E-state index in [1.54, 1.807) is 0 Å². The molecule has 5 nitrogen and oxygen atoms in total. The number of hydrogen-bond acceptors (Lipinski definition) is 3. The summed E-state index contributed by atoms with van der Waals surface area (Å²) >= 11 is 0. The Kier molecular flexibility index (Phi) is 4.89. The highest BCUT2D eigenvalue weighted by Crippen LogP contribution is 2.23. The molecule has 2 amide bonds. The Bertz CT molecular complexity index is 471. The Balaban J connectivity index is 1.83. The van der Waals surface area contributed by atoms with Crippen molar-refractivity contribution < 1.29 is 22.7 Å². The van der Waals surface area contributed by atoms with Crippen LogP contribution in [0.15, 0.2) is 24.3 Å². The summed E-state index contributed by atoms with van der Waals surface area (Å²) in [5, 5.41) is 8.53. The summed E-state index contributed by atoms with van der Waals surface area (Å²) in [5.41, 5.74) is 0.394. The maximum Gasteiger partial charge on any atom is 0.573 e. The molecule has 1 aromatic rings. The number of anilines is 1. The lowest BCUT2D eigenvalue weighted by Gasteiger charge is -2.23. The number of amides is 2. The van der Waals surface area contributed by atoms with Crippen LogP contribution in [0.3, 0.4) is 0 Å². The zero-order chi connectivity index (χ0) is 15.3. The van der Waals surface area contributed by atoms with Gasteiger partial charge in [0.05, 0.1) is 0 Å². The normalized spacial score (nSPS) is 18.9. The second-order valence-electron chi connectivity index (χ2n) is 4.71. The van der Waals surface area contributed by atoms with Gasteiger partial charge >= 0.3 is 12.4 Å². The third-order valence-electron chi connectivity index (χ3n) is 2.98. The Hall–Kier alpha value is -1.96. The molecule has 1 aliphatic rings. The van der Waals surface area contributed by atoms with E-state index < -0.39 is 6.36 Å². The molecule has 8 heteroatoms. The summed E-state index contributed by atoms with van der Waals surface area (Å²) in [7, 11) is 0. The van der Waals surface area contributed by atoms with Gasteiger partial charge in [0.1, 0.15) is 5.75 Å². The summed E-state index contributed by atoms with van der Waals surface area (Å²) in [6.07, 6.45) is -2.83. The molecule has 0 aliphatic carbocycles. The van der Waals surface area contributed by atoms with E-state index in [0.717, 1.165) is 31.5 Å². The second-order valence-corrected chi connectivity index (χ2v) is 4.71. The standard InChI is InChI=1S/C13H16F3N3O2/c14-13(15,16)21-11-5-3-9(4-6-11)18-12(20)19-10-2-1-7-17-8-10/h3-6,10,17H,1-2,7-8H2,(H2,18,19,20)/t10-/m0/s1. The monoisotopic (exact) mass is 303 g/mol. The van der Waals surface area contributed by atoms with Crippen LogP contribution >= 0.6 is 0 Å². The average molecular weight is 303 g/mol. The van der Waals surface area contributed by atoms with Crippen molar-refractivity contribution in [2.24, 2.45) is 0 Å². The molecule has 1 heterocycles. The molecule has 0 saturated carbocycles. The highest BCUT2D eigenvalue weighted by molar-refractivity contribution is 5.89. The number of hydrogen-bond donors (Lipinski definition) is 3. The van der Waals surface area contributed by atoms with E-state index in [1.165, 1.54) is 12.1 Å². The van der Waals surface area contributed by atoms with E-state index in [0.29, 0.717) is 12.2 Å². The number of urea groups is 1. The van der Waals surface area contributed by atoms with Crippen molar-refractivity contribution in [3.8, 4) is 5.75 Å². The summed E-state index contributed by atoms with van der Waals surface area (Å²) < 4.78 is 39.8. The van der Waals surface area contributed by atoms with Crippen molar-refractivity contribution in [3.05, 3.63) is 24.3 Å². The third kappa shape index (κ3) is 5.50. The topological polar surface area (TPSA) is 62.4 Å². The maximum absolute atomic E-state index is 12.0. The molecular weight excluding hydrogens is 287 g/mol. The number of carbonyl (C=O) groups is 1. The Labute approximate surface area is 119 Å². The number of nitrogens with one attached hydrogen (secondary N) is 3. The van der Waals surface area contributed by atoms with Crippen molar-refractivity contribution in [1.82, 2.24) is 10.6 Å². The summed E-state index contributed by atoms with van der Waals surface area (Å²) in [4.78, 5) is 11.7. The Morgan fingerprint density at radius 1 is 1.29 bits per heavy atom. The van der Waals surface area contributed by atoms with Crippen molar-refractivity contribution in [1.29, 1.82) is 0 Å². The first-order chi connectivity index (χ1) is 9.92. The summed E-state index contributed by atoms with van der Waals surface area (Å²) in [5.74, 6) is -0.329. The van der Waals surface area contributed by atoms with Crippen molar-refractivity contribution in [3.63, 3.8) is 0 Å². The average Bonchev–Trinajstić information content (AvgIpc) is 2.40. The van der Waals surface area contributed by atoms with Crippen LogP contribution in [0.2, 0.25) is 0 Å². The van der Waals surface area contributed by atoms with E-state index in [-0.39, 0.29) is 17.8 Å². The molecule has 1 fully saturated rings. The number of alkyl halides is 3. The molecule has 1 saturated heterocycles. The van der Waals surface area contributed by atoms with Gasteiger partial charge in [-0.3, -0.25) is 0 Å². The van der Waals surface area contributed by atoms with Gasteiger partial charge in [-0.25, -0.2) is 4.79 Å². The number of benzene rings is 1. The lowest BCUT2D eigenvalue weighted by Crippen LogP contribution is -2.47. The van der Waals surface area contributed by atoms with Crippen LogP contribution in [-0.4, -0.2) is 31.5 Å². The van der Waals surface area contributed by atoms with E-state index in [2.05, 4.69) is 20.7 Å². The number of carbonyl (C=O) groups excluding carboxylic acids is 1. The van der Waals surface area contributed by atoms with Crippen molar-refractivity contribution in [2.75, 3.05) is 18.4 Å². The zero-order valence-corrected chi connectivity index (χ0v) is 11.2. The quantitative estimate of drug-likeness (QED) is 0.804. The molecule has 1 atom stereocenters. The molecule has 0 radical (unpaired) electrons. The first kappa shape index (κ1) is 15.4. The first-order valence-electron chi connectivity index (χ1n) is 6.56. The molecule has 0 aromatic heterocycles. The lowest BCUT2D eigenvalue weighted by molar-refractivity contribution is -0.274. The molecule has 0 unspecified atom stereocenters. The van der Waals surface area contributed by atoms with Crippen molar-refractivity contribution >= 4 is 11.7 Å². The van der Waals surface area contributed by atoms with Crippen molar-refractivity contribution in [2.45, 2.75) is 25.2 Å². The number of piperidine rings is 1. The number of rotatable bonds is 3. The van der Waals surface area contributed by atoms with Gasteiger partial charge in [-0.1, -0.05) is 0 Å². The Morgan fingerprint density at radius 2 is 2.00 bits per heavy atom. The summed E-state index contributed by atoms with van der Waals surface area (Å²) in [6.45, 7) is 1.66. The van der Waals surface area contributed by atoms with Crippen LogP contribution in [0.1, 0.15) is 12.8 Å². The molecule has 0 spiro atoms. The minimum Gasteiger partial charge on any atom is -0.406 e. The highest BCUT2D eigenvalue weighted by atomic mass is 19.4. The van der Waals surface area contributed by atoms with Gasteiger partial charge in [0, 0.05) is 18.3 Å². The van der Waals surface area contributed by atoms with Gasteiger partial charge in [0.2, 0.25) is 0 Å². The fraction of sp³-hybridized carbons (Fsp3) is 0.462. The molecular formula is C13H16F3N3O2. The van der Waals surface area contributed by atoms with Gasteiger partial charge < -0.3 is 20.7 Å². The molecule has 3 N–H and O–H groups in total. The molecule has 116 valence electrons. The predicted octanol–water partition coefficient (Wildman–Crippen LogP) is 2.46. The SMILES string of the molecule is O=C(Nc1ccc(OC(F)(F)F)cc1)N[C@H]1CCCNC1. The van der Waals surface area contributed by atoms with Crippen LogP contribution < -0.4 is 20.7 Å². The number of ether oxygens (including phenoxy) is 1. The minimum atomic E-state index is -4.72. The highest BCUT2D eigenvalue weighted by Gasteiger charge is 2.30. The largest absolute Gasteiger partial charge is 0.573 e. The van der Waals surface area contributed by atoms with E-state index in [1.807, 2.05) is 0 Å². The molecule has 0 bridgehead atoms. The predicted molar refractivity (Wildman–Crippen MR) is 71.2 cm³/mol.